The van der Waals surface area contributed by atoms with Gasteiger partial charge in [0.2, 0.25) is 5.88 Å². The molecule has 0 aliphatic rings. The van der Waals surface area contributed by atoms with Crippen LogP contribution in [-0.4, -0.2) is 25.8 Å². The highest BCUT2D eigenvalue weighted by Crippen LogP contribution is 2.33. The zero-order valence-electron chi connectivity index (χ0n) is 14.0. The van der Waals surface area contributed by atoms with Gasteiger partial charge in [0.05, 0.1) is 5.69 Å². The molecular formula is C17H23N3O4. The number of H-pyrrole nitrogens is 1. The standard InChI is InChI=1S/C17H23N3O4/c1-17(2,3)13(14(21)19-24)20-15(22)12(18-16(20)23)10-9-11-7-5-4-6-8-11/h4-8,13,22,24H,9-10H2,1-3H3,(H,18,23)(H,19,21)/t13-/m0/s1. The molecule has 7 heteroatoms. The molecule has 130 valence electrons. The summed E-state index contributed by atoms with van der Waals surface area (Å²) in [4.78, 5) is 26.9. The van der Waals surface area contributed by atoms with Gasteiger partial charge >= 0.3 is 5.69 Å². The number of rotatable bonds is 5. The van der Waals surface area contributed by atoms with Crippen molar-refractivity contribution >= 4 is 5.91 Å². The number of nitrogens with zero attached hydrogens (tertiary/aromatic N) is 1. The van der Waals surface area contributed by atoms with Gasteiger partial charge in [0.15, 0.2) is 0 Å². The summed E-state index contributed by atoms with van der Waals surface area (Å²) < 4.78 is 0.992. The van der Waals surface area contributed by atoms with E-state index in [2.05, 4.69) is 4.98 Å². The normalized spacial score (nSPS) is 12.8. The van der Waals surface area contributed by atoms with Crippen molar-refractivity contribution in [3.63, 3.8) is 0 Å². The van der Waals surface area contributed by atoms with E-state index in [-0.39, 0.29) is 5.88 Å². The molecule has 1 aromatic heterocycles. The average Bonchev–Trinajstić information content (AvgIpc) is 2.80. The van der Waals surface area contributed by atoms with Crippen LogP contribution in [0, 0.1) is 5.41 Å². The van der Waals surface area contributed by atoms with Crippen LogP contribution in [0.15, 0.2) is 35.1 Å². The Bertz CT molecular complexity index is 756. The number of aromatic hydroxyl groups is 1. The van der Waals surface area contributed by atoms with Crippen molar-refractivity contribution in [2.24, 2.45) is 5.41 Å². The molecule has 4 N–H and O–H groups in total. The minimum atomic E-state index is -1.04. The SMILES string of the molecule is CC(C)(C)[C@H](C(=O)NO)n1c(O)c(CCc2ccccc2)[nH]c1=O. The van der Waals surface area contributed by atoms with Crippen LogP contribution in [0.4, 0.5) is 0 Å². The number of carbonyl (C=O) groups excluding carboxylic acids is 1. The van der Waals surface area contributed by atoms with Crippen LogP contribution in [0.3, 0.4) is 0 Å². The second-order valence-electron chi connectivity index (χ2n) is 6.83. The predicted molar refractivity (Wildman–Crippen MR) is 89.0 cm³/mol. The molecule has 1 aromatic carbocycles. The lowest BCUT2D eigenvalue weighted by Crippen LogP contribution is -2.41. The van der Waals surface area contributed by atoms with E-state index < -0.39 is 23.1 Å². The summed E-state index contributed by atoms with van der Waals surface area (Å²) in [6.07, 6.45) is 1.07. The molecule has 1 amide bonds. The number of carbonyl (C=O) groups is 1. The van der Waals surface area contributed by atoms with Gasteiger partial charge in [0.25, 0.3) is 5.91 Å². The lowest BCUT2D eigenvalue weighted by molar-refractivity contribution is -0.136. The molecule has 1 heterocycles. The van der Waals surface area contributed by atoms with E-state index in [0.29, 0.717) is 18.5 Å². The summed E-state index contributed by atoms with van der Waals surface area (Å²) in [5, 5.41) is 19.4. The Kier molecular flexibility index (Phi) is 5.14. The van der Waals surface area contributed by atoms with Gasteiger partial charge in [-0.1, -0.05) is 51.1 Å². The van der Waals surface area contributed by atoms with Crippen molar-refractivity contribution < 1.29 is 15.1 Å². The molecule has 0 radical (unpaired) electrons. The quantitative estimate of drug-likeness (QED) is 0.494. The molecule has 0 fully saturated rings. The highest BCUT2D eigenvalue weighted by molar-refractivity contribution is 5.80. The van der Waals surface area contributed by atoms with Gasteiger partial charge in [0, 0.05) is 0 Å². The third-order valence-corrected chi connectivity index (χ3v) is 3.92. The highest BCUT2D eigenvalue weighted by atomic mass is 16.5. The van der Waals surface area contributed by atoms with Gasteiger partial charge in [-0.05, 0) is 23.8 Å². The van der Waals surface area contributed by atoms with Crippen LogP contribution in [0.25, 0.3) is 0 Å². The number of aromatic amines is 1. The Hall–Kier alpha value is -2.54. The third kappa shape index (κ3) is 3.68. The number of imidazole rings is 1. The average molecular weight is 333 g/mol. The number of hydrogen-bond donors (Lipinski definition) is 4. The van der Waals surface area contributed by atoms with Crippen LogP contribution in [-0.2, 0) is 17.6 Å². The summed E-state index contributed by atoms with van der Waals surface area (Å²) in [7, 11) is 0. The van der Waals surface area contributed by atoms with Crippen molar-refractivity contribution in [1.82, 2.24) is 15.0 Å². The summed E-state index contributed by atoms with van der Waals surface area (Å²) in [5.41, 5.74) is 1.74. The van der Waals surface area contributed by atoms with Gasteiger partial charge in [-0.15, -0.1) is 0 Å². The smallest absolute Gasteiger partial charge is 0.329 e. The Morgan fingerprint density at radius 3 is 2.42 bits per heavy atom. The van der Waals surface area contributed by atoms with Crippen LogP contribution < -0.4 is 11.2 Å². The van der Waals surface area contributed by atoms with E-state index in [1.807, 2.05) is 30.3 Å². The fraction of sp³-hybridized carbons (Fsp3) is 0.412. The minimum absolute atomic E-state index is 0.278. The van der Waals surface area contributed by atoms with Gasteiger partial charge in [-0.2, -0.15) is 0 Å². The van der Waals surface area contributed by atoms with Gasteiger partial charge in [0.1, 0.15) is 6.04 Å². The van der Waals surface area contributed by atoms with Crippen LogP contribution in [0.2, 0.25) is 0 Å². The number of hydroxylamine groups is 1. The third-order valence-electron chi connectivity index (χ3n) is 3.92. The lowest BCUT2D eigenvalue weighted by Gasteiger charge is -2.29. The van der Waals surface area contributed by atoms with Crippen molar-refractivity contribution in [2.75, 3.05) is 0 Å². The molecule has 0 saturated heterocycles. The number of hydrogen-bond acceptors (Lipinski definition) is 4. The van der Waals surface area contributed by atoms with Crippen LogP contribution >= 0.6 is 0 Å². The molecule has 0 aliphatic carbocycles. The fourth-order valence-electron chi connectivity index (χ4n) is 2.77. The fourth-order valence-corrected chi connectivity index (χ4v) is 2.77. The minimum Gasteiger partial charge on any atom is -0.493 e. The van der Waals surface area contributed by atoms with Crippen LogP contribution in [0.5, 0.6) is 5.88 Å². The lowest BCUT2D eigenvalue weighted by atomic mass is 9.86. The monoisotopic (exact) mass is 333 g/mol. The first-order valence-corrected chi connectivity index (χ1v) is 7.76. The molecule has 0 saturated carbocycles. The molecule has 1 atom stereocenters. The van der Waals surface area contributed by atoms with Crippen molar-refractivity contribution in [3.8, 4) is 5.88 Å². The number of benzene rings is 1. The van der Waals surface area contributed by atoms with Crippen molar-refractivity contribution in [2.45, 2.75) is 39.7 Å². The largest absolute Gasteiger partial charge is 0.493 e. The topological polar surface area (TPSA) is 107 Å². The van der Waals surface area contributed by atoms with Crippen molar-refractivity contribution in [1.29, 1.82) is 0 Å². The molecule has 2 rings (SSSR count). The maximum Gasteiger partial charge on any atom is 0.329 e. The van der Waals surface area contributed by atoms with Crippen molar-refractivity contribution in [3.05, 3.63) is 52.1 Å². The summed E-state index contributed by atoms with van der Waals surface area (Å²) in [6, 6.07) is 8.64. The first-order valence-electron chi connectivity index (χ1n) is 7.76. The number of nitrogens with one attached hydrogen (secondary N) is 2. The Balaban J connectivity index is 2.34. The summed E-state index contributed by atoms with van der Waals surface area (Å²) in [6.45, 7) is 5.24. The maximum absolute atomic E-state index is 12.3. The van der Waals surface area contributed by atoms with E-state index in [4.69, 9.17) is 5.21 Å². The predicted octanol–water partition coefficient (Wildman–Crippen LogP) is 1.76. The second-order valence-corrected chi connectivity index (χ2v) is 6.83. The highest BCUT2D eigenvalue weighted by Gasteiger charge is 2.36. The second kappa shape index (κ2) is 6.92. The Morgan fingerprint density at radius 2 is 1.88 bits per heavy atom. The molecule has 0 aliphatic heterocycles. The zero-order chi connectivity index (χ0) is 17.9. The first-order chi connectivity index (χ1) is 11.3. The van der Waals surface area contributed by atoms with Gasteiger partial charge in [-0.3, -0.25) is 10.0 Å². The van der Waals surface area contributed by atoms with Crippen LogP contribution in [0.1, 0.15) is 38.1 Å². The number of aromatic nitrogens is 2. The molecule has 24 heavy (non-hydrogen) atoms. The number of aryl methyl sites for hydroxylation is 2. The van der Waals surface area contributed by atoms with E-state index >= 15 is 0 Å². The molecule has 0 bridgehead atoms. The molecule has 7 nitrogen and oxygen atoms in total. The Morgan fingerprint density at radius 1 is 1.25 bits per heavy atom. The Labute approximate surface area is 139 Å². The summed E-state index contributed by atoms with van der Waals surface area (Å²) in [5.74, 6) is -1.03. The number of amides is 1. The first kappa shape index (κ1) is 17.8. The zero-order valence-corrected chi connectivity index (χ0v) is 14.0. The summed E-state index contributed by atoms with van der Waals surface area (Å²) >= 11 is 0. The molecular weight excluding hydrogens is 310 g/mol. The molecule has 0 spiro atoms. The van der Waals surface area contributed by atoms with Gasteiger partial charge in [-0.25, -0.2) is 14.8 Å². The molecule has 0 unspecified atom stereocenters. The maximum atomic E-state index is 12.3. The van der Waals surface area contributed by atoms with Gasteiger partial charge < -0.3 is 10.1 Å². The van der Waals surface area contributed by atoms with E-state index in [1.165, 1.54) is 0 Å². The van der Waals surface area contributed by atoms with E-state index in [0.717, 1.165) is 10.1 Å². The van der Waals surface area contributed by atoms with E-state index in [9.17, 15) is 14.7 Å². The molecule has 2 aromatic rings. The van der Waals surface area contributed by atoms with E-state index in [1.54, 1.807) is 26.3 Å².